The second-order valence-electron chi connectivity index (χ2n) is 14.0. The maximum Gasteiger partial charge on any atom is 0.140 e. The number of halogens is 1. The molecule has 7 aromatic rings. The molecule has 0 amide bonds. The van der Waals surface area contributed by atoms with Crippen molar-refractivity contribution in [1.82, 2.24) is 28.2 Å². The van der Waals surface area contributed by atoms with Gasteiger partial charge in [0.1, 0.15) is 23.3 Å². The summed E-state index contributed by atoms with van der Waals surface area (Å²) in [5.74, 6) is 3.83. The van der Waals surface area contributed by atoms with Crippen LogP contribution in [0.1, 0.15) is 76.9 Å². The van der Waals surface area contributed by atoms with Gasteiger partial charge in [0.15, 0.2) is 0 Å². The molecule has 1 aromatic carbocycles. The Balaban J connectivity index is 0.000000185. The minimum absolute atomic E-state index is 0. The van der Waals surface area contributed by atoms with Crippen LogP contribution in [0.4, 0.5) is 0 Å². The van der Waals surface area contributed by atoms with Crippen molar-refractivity contribution in [1.29, 1.82) is 0 Å². The van der Waals surface area contributed by atoms with Crippen LogP contribution in [0.15, 0.2) is 108 Å². The van der Waals surface area contributed by atoms with Crippen molar-refractivity contribution < 1.29 is 4.74 Å². The van der Waals surface area contributed by atoms with Crippen LogP contribution in [-0.2, 0) is 11.2 Å². The summed E-state index contributed by atoms with van der Waals surface area (Å²) in [5, 5.41) is 0. The molecule has 0 saturated carbocycles. The highest BCUT2D eigenvalue weighted by Crippen LogP contribution is 2.25. The molecule has 0 N–H and O–H groups in total. The molecule has 6 aromatic heterocycles. The molecule has 8 rings (SSSR count). The third-order valence-electron chi connectivity index (χ3n) is 9.70. The molecule has 1 aliphatic rings. The number of aryl methyl sites for hydroxylation is 8. The summed E-state index contributed by atoms with van der Waals surface area (Å²) in [6.07, 6.45) is 3.45. The third-order valence-corrected chi connectivity index (χ3v) is 10.2. The second-order valence-corrected chi connectivity index (χ2v) is 14.9. The lowest BCUT2D eigenvalue weighted by molar-refractivity contribution is 0.198. The van der Waals surface area contributed by atoms with Crippen LogP contribution in [0, 0.1) is 55.4 Å². The number of benzene rings is 1. The first-order chi connectivity index (χ1) is 25.5. The standard InChI is InChI=1S/C24H25N3.C17H18BrN3.C4H8O.CH4/c1-17-10-11-18(2)26(17)23-15-22(14-21-8-6-5-7-9-21)16-24(25-23)27-19(3)12-13-20(27)4;1-11-5-6-12(2)20(11)16-9-15(18)10-17(19-16)21-13(3)7-8-14(21)4;1-2-4-5-3-1;/h5-13,15-16H,14H2,1-4H3;5-10H,1-4H3;1-4H2;1H4. The van der Waals surface area contributed by atoms with Crippen molar-refractivity contribution in [2.24, 2.45) is 0 Å². The Hall–Kier alpha value is -4.92. The molecular formula is C46H55BrN6O. The summed E-state index contributed by atoms with van der Waals surface area (Å²) in [7, 11) is 0. The molecule has 7 heterocycles. The van der Waals surface area contributed by atoms with Crippen LogP contribution in [-0.4, -0.2) is 41.5 Å². The van der Waals surface area contributed by atoms with E-state index in [2.05, 4.69) is 193 Å². The highest BCUT2D eigenvalue weighted by Gasteiger charge is 2.14. The molecule has 0 aliphatic carbocycles. The number of nitrogens with zero attached hydrogens (tertiary/aromatic N) is 6. The molecule has 0 spiro atoms. The van der Waals surface area contributed by atoms with Gasteiger partial charge in [0.05, 0.1) is 0 Å². The van der Waals surface area contributed by atoms with Gasteiger partial charge in [-0.1, -0.05) is 53.7 Å². The molecule has 8 heteroatoms. The van der Waals surface area contributed by atoms with Crippen LogP contribution in [0.5, 0.6) is 0 Å². The lowest BCUT2D eigenvalue weighted by Gasteiger charge is -2.15. The molecule has 0 unspecified atom stereocenters. The molecule has 0 atom stereocenters. The van der Waals surface area contributed by atoms with Crippen LogP contribution in [0.25, 0.3) is 23.3 Å². The molecule has 1 aliphatic heterocycles. The lowest BCUT2D eigenvalue weighted by atomic mass is 10.1. The van der Waals surface area contributed by atoms with E-state index in [4.69, 9.17) is 14.7 Å². The van der Waals surface area contributed by atoms with Gasteiger partial charge in [-0.3, -0.25) is 0 Å². The van der Waals surface area contributed by atoms with Crippen molar-refractivity contribution >= 4 is 15.9 Å². The zero-order valence-electron chi connectivity index (χ0n) is 32.3. The van der Waals surface area contributed by atoms with Crippen molar-refractivity contribution in [3.05, 3.63) is 164 Å². The van der Waals surface area contributed by atoms with Crippen molar-refractivity contribution in [2.75, 3.05) is 13.2 Å². The van der Waals surface area contributed by atoms with Crippen molar-refractivity contribution in [3.8, 4) is 23.3 Å². The number of hydrogen-bond donors (Lipinski definition) is 0. The van der Waals surface area contributed by atoms with E-state index >= 15 is 0 Å². The van der Waals surface area contributed by atoms with Crippen LogP contribution < -0.4 is 0 Å². The Morgan fingerprint density at radius 2 is 0.778 bits per heavy atom. The van der Waals surface area contributed by atoms with Crippen LogP contribution in [0.3, 0.4) is 0 Å². The first-order valence-electron chi connectivity index (χ1n) is 18.4. The average Bonchev–Trinajstić information content (AvgIpc) is 3.98. The fourth-order valence-corrected chi connectivity index (χ4v) is 7.46. The molecular weight excluding hydrogens is 732 g/mol. The molecule has 282 valence electrons. The van der Waals surface area contributed by atoms with E-state index < -0.39 is 0 Å². The molecule has 7 nitrogen and oxygen atoms in total. The lowest BCUT2D eigenvalue weighted by Crippen LogP contribution is -2.09. The first-order valence-corrected chi connectivity index (χ1v) is 19.2. The van der Waals surface area contributed by atoms with Gasteiger partial charge in [-0.2, -0.15) is 0 Å². The molecule has 0 bridgehead atoms. The summed E-state index contributed by atoms with van der Waals surface area (Å²) in [4.78, 5) is 9.89. The smallest absolute Gasteiger partial charge is 0.140 e. The van der Waals surface area contributed by atoms with Crippen molar-refractivity contribution in [3.63, 3.8) is 0 Å². The highest BCUT2D eigenvalue weighted by molar-refractivity contribution is 9.10. The van der Waals surface area contributed by atoms with Crippen LogP contribution in [0.2, 0.25) is 0 Å². The van der Waals surface area contributed by atoms with Gasteiger partial charge >= 0.3 is 0 Å². The first kappa shape index (κ1) is 40.3. The van der Waals surface area contributed by atoms with Gasteiger partial charge in [-0.25, -0.2) is 9.97 Å². The van der Waals surface area contributed by atoms with Crippen molar-refractivity contribution in [2.45, 2.75) is 82.1 Å². The zero-order chi connectivity index (χ0) is 37.6. The van der Waals surface area contributed by atoms with Gasteiger partial charge < -0.3 is 23.0 Å². The quantitative estimate of drug-likeness (QED) is 0.169. The highest BCUT2D eigenvalue weighted by atomic mass is 79.9. The van der Waals surface area contributed by atoms with E-state index in [9.17, 15) is 0 Å². The van der Waals surface area contributed by atoms with E-state index in [1.165, 1.54) is 69.5 Å². The van der Waals surface area contributed by atoms with E-state index in [1.807, 2.05) is 0 Å². The number of rotatable bonds is 6. The minimum Gasteiger partial charge on any atom is -0.381 e. The van der Waals surface area contributed by atoms with Gasteiger partial charge in [-0.15, -0.1) is 0 Å². The summed E-state index contributed by atoms with van der Waals surface area (Å²) in [6, 6.07) is 36.2. The summed E-state index contributed by atoms with van der Waals surface area (Å²) < 4.78 is 14.8. The topological polar surface area (TPSA) is 54.7 Å². The van der Waals surface area contributed by atoms with E-state index in [0.29, 0.717) is 0 Å². The minimum atomic E-state index is 0. The fourth-order valence-electron chi connectivity index (χ4n) is 7.05. The number of hydrogen-bond acceptors (Lipinski definition) is 3. The Kier molecular flexibility index (Phi) is 13.4. The van der Waals surface area contributed by atoms with Gasteiger partial charge in [0.2, 0.25) is 0 Å². The Bertz CT molecular complexity index is 2090. The Labute approximate surface area is 330 Å². The van der Waals surface area contributed by atoms with Gasteiger partial charge in [-0.05, 0) is 159 Å². The maximum absolute atomic E-state index is 5.03. The predicted molar refractivity (Wildman–Crippen MR) is 227 cm³/mol. The fraction of sp³-hybridized carbons (Fsp3) is 0.304. The number of ether oxygens (including phenoxy) is 1. The number of pyridine rings is 2. The SMILES string of the molecule is C.C1CCOC1.Cc1ccc(C)n1-c1cc(Br)cc(-n2c(C)ccc2C)n1.Cc1ccc(C)n1-c1cc(Cc2ccccc2)cc(-n2c(C)ccc2C)n1. The molecule has 54 heavy (non-hydrogen) atoms. The van der Waals surface area contributed by atoms with Crippen LogP contribution >= 0.6 is 15.9 Å². The summed E-state index contributed by atoms with van der Waals surface area (Å²) >= 11 is 3.62. The summed E-state index contributed by atoms with van der Waals surface area (Å²) in [6.45, 7) is 18.9. The Morgan fingerprint density at radius 1 is 0.463 bits per heavy atom. The zero-order valence-corrected chi connectivity index (χ0v) is 33.9. The van der Waals surface area contributed by atoms with E-state index in [0.717, 1.165) is 47.4 Å². The normalized spacial score (nSPS) is 12.1. The van der Waals surface area contributed by atoms with E-state index in [1.54, 1.807) is 0 Å². The number of aromatic nitrogens is 6. The third kappa shape index (κ3) is 9.23. The molecule has 0 radical (unpaired) electrons. The monoisotopic (exact) mass is 786 g/mol. The predicted octanol–water partition coefficient (Wildman–Crippen LogP) is 11.6. The second kappa shape index (κ2) is 17.9. The summed E-state index contributed by atoms with van der Waals surface area (Å²) in [5.41, 5.74) is 12.1. The molecule has 1 fully saturated rings. The maximum atomic E-state index is 5.03. The molecule has 1 saturated heterocycles. The van der Waals surface area contributed by atoms with Gasteiger partial charge in [0, 0.05) is 63.2 Å². The Morgan fingerprint density at radius 3 is 1.07 bits per heavy atom. The largest absolute Gasteiger partial charge is 0.381 e. The average molecular weight is 788 g/mol. The van der Waals surface area contributed by atoms with E-state index in [-0.39, 0.29) is 7.43 Å². The van der Waals surface area contributed by atoms with Gasteiger partial charge in [0.25, 0.3) is 0 Å².